The highest BCUT2D eigenvalue weighted by atomic mass is 79.9. The summed E-state index contributed by atoms with van der Waals surface area (Å²) in [7, 11) is 0. The van der Waals surface area contributed by atoms with Gasteiger partial charge in [-0.2, -0.15) is 0 Å². The minimum absolute atomic E-state index is 0.737. The Labute approximate surface area is 103 Å². The molecule has 0 fully saturated rings. The Bertz CT molecular complexity index is 468. The first-order valence-electron chi connectivity index (χ1n) is 4.97. The zero-order chi connectivity index (χ0) is 11.4. The van der Waals surface area contributed by atoms with E-state index in [2.05, 4.69) is 15.9 Å². The SMILES string of the molecule is Nc1ccc(Oc2ccccc2CBr)cc1. The van der Waals surface area contributed by atoms with Crippen LogP contribution in [0.3, 0.4) is 0 Å². The summed E-state index contributed by atoms with van der Waals surface area (Å²) in [6.07, 6.45) is 0. The Morgan fingerprint density at radius 3 is 2.38 bits per heavy atom. The van der Waals surface area contributed by atoms with Crippen LogP contribution >= 0.6 is 15.9 Å². The molecule has 2 aromatic rings. The fourth-order valence-electron chi connectivity index (χ4n) is 1.38. The van der Waals surface area contributed by atoms with Crippen molar-refractivity contribution in [3.05, 3.63) is 54.1 Å². The van der Waals surface area contributed by atoms with Gasteiger partial charge in [0.15, 0.2) is 0 Å². The van der Waals surface area contributed by atoms with Crippen molar-refractivity contribution in [2.45, 2.75) is 5.33 Å². The van der Waals surface area contributed by atoms with E-state index in [1.807, 2.05) is 48.5 Å². The van der Waals surface area contributed by atoms with E-state index in [-0.39, 0.29) is 0 Å². The molecule has 0 amide bonds. The van der Waals surface area contributed by atoms with Gasteiger partial charge in [0.2, 0.25) is 0 Å². The third kappa shape index (κ3) is 2.55. The molecular formula is C13H12BrNO. The first kappa shape index (κ1) is 11.0. The van der Waals surface area contributed by atoms with E-state index in [1.165, 1.54) is 0 Å². The summed E-state index contributed by atoms with van der Waals surface area (Å²) in [5.41, 5.74) is 7.47. The monoisotopic (exact) mass is 277 g/mol. The first-order valence-corrected chi connectivity index (χ1v) is 6.09. The fourth-order valence-corrected chi connectivity index (χ4v) is 1.84. The first-order chi connectivity index (χ1) is 7.79. The number of halogens is 1. The maximum absolute atomic E-state index is 5.77. The van der Waals surface area contributed by atoms with E-state index in [1.54, 1.807) is 0 Å². The molecule has 3 heteroatoms. The van der Waals surface area contributed by atoms with E-state index in [4.69, 9.17) is 10.5 Å². The average molecular weight is 278 g/mol. The van der Waals surface area contributed by atoms with Gasteiger partial charge >= 0.3 is 0 Å². The summed E-state index contributed by atoms with van der Waals surface area (Å²) in [6.45, 7) is 0. The zero-order valence-corrected chi connectivity index (χ0v) is 10.3. The molecule has 2 N–H and O–H groups in total. The Morgan fingerprint density at radius 1 is 1.00 bits per heavy atom. The van der Waals surface area contributed by atoms with Gasteiger partial charge in [0, 0.05) is 16.6 Å². The lowest BCUT2D eigenvalue weighted by Crippen LogP contribution is -1.89. The van der Waals surface area contributed by atoms with Crippen molar-refractivity contribution in [1.82, 2.24) is 0 Å². The second-order valence-electron chi connectivity index (χ2n) is 3.41. The number of benzene rings is 2. The molecule has 0 heterocycles. The largest absolute Gasteiger partial charge is 0.457 e. The summed E-state index contributed by atoms with van der Waals surface area (Å²) < 4.78 is 5.77. The molecule has 0 aromatic heterocycles. The van der Waals surface area contributed by atoms with Crippen molar-refractivity contribution < 1.29 is 4.74 Å². The molecule has 0 atom stereocenters. The molecular weight excluding hydrogens is 266 g/mol. The molecule has 2 nitrogen and oxygen atoms in total. The molecule has 0 spiro atoms. The topological polar surface area (TPSA) is 35.2 Å². The molecule has 2 aromatic carbocycles. The smallest absolute Gasteiger partial charge is 0.131 e. The van der Waals surface area contributed by atoms with Crippen LogP contribution in [0.1, 0.15) is 5.56 Å². The van der Waals surface area contributed by atoms with Crippen molar-refractivity contribution >= 4 is 21.6 Å². The Balaban J connectivity index is 2.23. The van der Waals surface area contributed by atoms with Crippen molar-refractivity contribution in [1.29, 1.82) is 0 Å². The highest BCUT2D eigenvalue weighted by Gasteiger charge is 2.02. The number of hydrogen-bond acceptors (Lipinski definition) is 2. The van der Waals surface area contributed by atoms with Crippen LogP contribution in [-0.2, 0) is 5.33 Å². The van der Waals surface area contributed by atoms with E-state index < -0.39 is 0 Å². The van der Waals surface area contributed by atoms with Gasteiger partial charge in [-0.15, -0.1) is 0 Å². The molecule has 0 unspecified atom stereocenters. The van der Waals surface area contributed by atoms with Crippen molar-refractivity contribution in [2.24, 2.45) is 0 Å². The summed E-state index contributed by atoms with van der Waals surface area (Å²) in [4.78, 5) is 0. The van der Waals surface area contributed by atoms with Gasteiger partial charge in [-0.1, -0.05) is 34.1 Å². The lowest BCUT2D eigenvalue weighted by molar-refractivity contribution is 0.478. The molecule has 0 aliphatic rings. The van der Waals surface area contributed by atoms with E-state index in [0.29, 0.717) is 0 Å². The molecule has 0 bridgehead atoms. The number of nitrogen functional groups attached to an aromatic ring is 1. The molecule has 0 saturated heterocycles. The van der Waals surface area contributed by atoms with Crippen molar-refractivity contribution in [3.8, 4) is 11.5 Å². The minimum atomic E-state index is 0.737. The molecule has 0 aliphatic heterocycles. The Kier molecular flexibility index (Phi) is 3.47. The van der Waals surface area contributed by atoms with Gasteiger partial charge < -0.3 is 10.5 Å². The lowest BCUT2D eigenvalue weighted by Gasteiger charge is -2.09. The van der Waals surface area contributed by atoms with E-state index in [9.17, 15) is 0 Å². The molecule has 16 heavy (non-hydrogen) atoms. The molecule has 2 rings (SSSR count). The number of alkyl halides is 1. The number of hydrogen-bond donors (Lipinski definition) is 1. The van der Waals surface area contributed by atoms with Gasteiger partial charge in [0.1, 0.15) is 11.5 Å². The van der Waals surface area contributed by atoms with Crippen LogP contribution in [0.25, 0.3) is 0 Å². The second kappa shape index (κ2) is 5.03. The third-order valence-electron chi connectivity index (χ3n) is 2.22. The number of rotatable bonds is 3. The van der Waals surface area contributed by atoms with Crippen LogP contribution in [0, 0.1) is 0 Å². The Morgan fingerprint density at radius 2 is 1.69 bits per heavy atom. The molecule has 0 radical (unpaired) electrons. The molecule has 82 valence electrons. The third-order valence-corrected chi connectivity index (χ3v) is 2.83. The zero-order valence-electron chi connectivity index (χ0n) is 8.69. The number of ether oxygens (including phenoxy) is 1. The maximum Gasteiger partial charge on any atom is 0.131 e. The summed E-state index contributed by atoms with van der Waals surface area (Å²) in [6, 6.07) is 15.3. The van der Waals surface area contributed by atoms with Crippen LogP contribution < -0.4 is 10.5 Å². The van der Waals surface area contributed by atoms with E-state index in [0.717, 1.165) is 28.1 Å². The molecule has 0 aliphatic carbocycles. The Hall–Kier alpha value is -1.48. The predicted octanol–water partition coefficient (Wildman–Crippen LogP) is 3.96. The van der Waals surface area contributed by atoms with Gasteiger partial charge in [0.25, 0.3) is 0 Å². The van der Waals surface area contributed by atoms with Crippen LogP contribution in [0.15, 0.2) is 48.5 Å². The lowest BCUT2D eigenvalue weighted by atomic mass is 10.2. The maximum atomic E-state index is 5.77. The normalized spacial score (nSPS) is 10.1. The number of nitrogens with two attached hydrogens (primary N) is 1. The van der Waals surface area contributed by atoms with Gasteiger partial charge in [-0.3, -0.25) is 0 Å². The number of para-hydroxylation sites is 1. The predicted molar refractivity (Wildman–Crippen MR) is 70.0 cm³/mol. The van der Waals surface area contributed by atoms with Crippen LogP contribution in [-0.4, -0.2) is 0 Å². The summed E-state index contributed by atoms with van der Waals surface area (Å²) >= 11 is 3.43. The standard InChI is InChI=1S/C13H12BrNO/c14-9-10-3-1-2-4-13(10)16-12-7-5-11(15)6-8-12/h1-8H,9,15H2. The van der Waals surface area contributed by atoms with E-state index >= 15 is 0 Å². The van der Waals surface area contributed by atoms with Gasteiger partial charge in [0.05, 0.1) is 0 Å². The fraction of sp³-hybridized carbons (Fsp3) is 0.0769. The average Bonchev–Trinajstić information content (AvgIpc) is 2.33. The quantitative estimate of drug-likeness (QED) is 0.681. The summed E-state index contributed by atoms with van der Waals surface area (Å²) in [5.74, 6) is 1.66. The highest BCUT2D eigenvalue weighted by molar-refractivity contribution is 9.08. The van der Waals surface area contributed by atoms with Crippen molar-refractivity contribution in [3.63, 3.8) is 0 Å². The minimum Gasteiger partial charge on any atom is -0.457 e. The second-order valence-corrected chi connectivity index (χ2v) is 3.97. The van der Waals surface area contributed by atoms with Crippen LogP contribution in [0.4, 0.5) is 5.69 Å². The number of anilines is 1. The molecule has 0 saturated carbocycles. The van der Waals surface area contributed by atoms with Gasteiger partial charge in [-0.05, 0) is 30.3 Å². The summed E-state index contributed by atoms with van der Waals surface area (Å²) in [5, 5.41) is 0.776. The van der Waals surface area contributed by atoms with Crippen molar-refractivity contribution in [2.75, 3.05) is 5.73 Å². The van der Waals surface area contributed by atoms with Gasteiger partial charge in [-0.25, -0.2) is 0 Å². The van der Waals surface area contributed by atoms with Crippen LogP contribution in [0.5, 0.6) is 11.5 Å². The highest BCUT2D eigenvalue weighted by Crippen LogP contribution is 2.27. The van der Waals surface area contributed by atoms with Crippen LogP contribution in [0.2, 0.25) is 0 Å².